The van der Waals surface area contributed by atoms with Crippen LogP contribution < -0.4 is 5.73 Å². The summed E-state index contributed by atoms with van der Waals surface area (Å²) in [5, 5.41) is 8.57. The minimum Gasteiger partial charge on any atom is -0.397 e. The third kappa shape index (κ3) is 1.52. The van der Waals surface area contributed by atoms with Crippen molar-refractivity contribution in [1.82, 2.24) is 4.98 Å². The molecule has 0 radical (unpaired) electrons. The van der Waals surface area contributed by atoms with Gasteiger partial charge in [-0.25, -0.2) is 8.78 Å². The first-order valence-electron chi connectivity index (χ1n) is 3.53. The Morgan fingerprint density at radius 3 is 2.71 bits per heavy atom. The zero-order chi connectivity index (χ0) is 10.7. The van der Waals surface area contributed by atoms with E-state index in [1.807, 2.05) is 0 Å². The van der Waals surface area contributed by atoms with Gasteiger partial charge in [0, 0.05) is 0 Å². The van der Waals surface area contributed by atoms with Gasteiger partial charge in [-0.3, -0.25) is 9.78 Å². The van der Waals surface area contributed by atoms with Crippen LogP contribution in [-0.4, -0.2) is 11.3 Å². The highest BCUT2D eigenvalue weighted by molar-refractivity contribution is 5.87. The van der Waals surface area contributed by atoms with Crippen molar-refractivity contribution in [2.24, 2.45) is 0 Å². The molecule has 0 aromatic carbocycles. The van der Waals surface area contributed by atoms with E-state index in [1.54, 1.807) is 0 Å². The molecule has 0 saturated carbocycles. The minimum absolute atomic E-state index is 0.0825. The van der Waals surface area contributed by atoms with Gasteiger partial charge < -0.3 is 5.73 Å². The van der Waals surface area contributed by atoms with E-state index >= 15 is 0 Å². The van der Waals surface area contributed by atoms with Crippen LogP contribution in [0.1, 0.15) is 28.0 Å². The van der Waals surface area contributed by atoms with Gasteiger partial charge in [0.1, 0.15) is 11.8 Å². The minimum atomic E-state index is -2.90. The Bertz CT molecular complexity index is 412. The maximum Gasteiger partial charge on any atom is 0.281 e. The number of aldehydes is 1. The Labute approximate surface area is 78.0 Å². The first-order valence-corrected chi connectivity index (χ1v) is 3.53. The molecule has 0 atom stereocenters. The molecular formula is C8H5F2N3O. The second kappa shape index (κ2) is 3.79. The predicted molar refractivity (Wildman–Crippen MR) is 43.7 cm³/mol. The number of carbonyl (C=O) groups excluding carboxylic acids is 1. The number of halogens is 2. The smallest absolute Gasteiger partial charge is 0.281 e. The largest absolute Gasteiger partial charge is 0.397 e. The fourth-order valence-electron chi connectivity index (χ4n) is 0.965. The summed E-state index contributed by atoms with van der Waals surface area (Å²) >= 11 is 0. The molecule has 0 unspecified atom stereocenters. The van der Waals surface area contributed by atoms with Gasteiger partial charge in [-0.1, -0.05) is 0 Å². The molecule has 0 saturated heterocycles. The van der Waals surface area contributed by atoms with E-state index in [9.17, 15) is 13.6 Å². The van der Waals surface area contributed by atoms with Gasteiger partial charge in [0.25, 0.3) is 6.43 Å². The molecule has 0 aliphatic carbocycles. The first-order chi connectivity index (χ1) is 6.61. The summed E-state index contributed by atoms with van der Waals surface area (Å²) in [6.07, 6.45) is -1.70. The van der Waals surface area contributed by atoms with Crippen molar-refractivity contribution in [3.63, 3.8) is 0 Å². The summed E-state index contributed by atoms with van der Waals surface area (Å²) < 4.78 is 24.6. The zero-order valence-electron chi connectivity index (χ0n) is 6.87. The van der Waals surface area contributed by atoms with Gasteiger partial charge in [-0.2, -0.15) is 5.26 Å². The molecule has 72 valence electrons. The number of hydrogen-bond acceptors (Lipinski definition) is 4. The summed E-state index contributed by atoms with van der Waals surface area (Å²) in [5.74, 6) is 0. The van der Waals surface area contributed by atoms with Crippen LogP contribution in [0.5, 0.6) is 0 Å². The van der Waals surface area contributed by atoms with E-state index in [4.69, 9.17) is 11.0 Å². The lowest BCUT2D eigenvalue weighted by Gasteiger charge is -2.05. The zero-order valence-corrected chi connectivity index (χ0v) is 6.87. The molecule has 1 rings (SSSR count). The van der Waals surface area contributed by atoms with Gasteiger partial charge in [-0.05, 0) is 0 Å². The highest BCUT2D eigenvalue weighted by atomic mass is 19.3. The molecule has 1 heterocycles. The van der Waals surface area contributed by atoms with Crippen molar-refractivity contribution in [3.05, 3.63) is 23.0 Å². The monoisotopic (exact) mass is 197 g/mol. The van der Waals surface area contributed by atoms with E-state index in [0.717, 1.165) is 6.20 Å². The first kappa shape index (κ1) is 10.1. The van der Waals surface area contributed by atoms with E-state index in [1.165, 1.54) is 6.07 Å². The Morgan fingerprint density at radius 1 is 1.64 bits per heavy atom. The number of carbonyl (C=O) groups is 1. The van der Waals surface area contributed by atoms with Crippen LogP contribution in [0.3, 0.4) is 0 Å². The second-order valence-electron chi connectivity index (χ2n) is 2.42. The van der Waals surface area contributed by atoms with E-state index in [-0.39, 0.29) is 17.5 Å². The topological polar surface area (TPSA) is 79.8 Å². The summed E-state index contributed by atoms with van der Waals surface area (Å²) in [7, 11) is 0. The second-order valence-corrected chi connectivity index (χ2v) is 2.42. The van der Waals surface area contributed by atoms with Crippen molar-refractivity contribution in [2.75, 3.05) is 5.73 Å². The molecule has 1 aromatic rings. The number of pyridine rings is 1. The summed E-state index contributed by atoms with van der Waals surface area (Å²) in [6.45, 7) is 0. The number of anilines is 1. The number of nitrogen functional groups attached to an aromatic ring is 1. The number of nitrogens with zero attached hydrogens (tertiary/aromatic N) is 2. The molecule has 6 heteroatoms. The lowest BCUT2D eigenvalue weighted by molar-refractivity contribution is 0.112. The van der Waals surface area contributed by atoms with Crippen LogP contribution in [0, 0.1) is 11.3 Å². The number of nitriles is 1. The lowest BCUT2D eigenvalue weighted by Crippen LogP contribution is -2.04. The Morgan fingerprint density at radius 2 is 2.29 bits per heavy atom. The fourth-order valence-corrected chi connectivity index (χ4v) is 0.965. The van der Waals surface area contributed by atoms with Gasteiger partial charge >= 0.3 is 0 Å². The average Bonchev–Trinajstić information content (AvgIpc) is 2.16. The standard InChI is InChI=1S/C8H5F2N3O/c9-8(10)7-4(1-11)5(3-14)6(12)2-13-7/h2-3,8H,12H2. The van der Waals surface area contributed by atoms with E-state index in [0.29, 0.717) is 0 Å². The maximum atomic E-state index is 12.3. The summed E-state index contributed by atoms with van der Waals surface area (Å²) in [5.41, 5.74) is 3.78. The number of aromatic nitrogens is 1. The molecule has 14 heavy (non-hydrogen) atoms. The van der Waals surface area contributed by atoms with Crippen LogP contribution in [0.4, 0.5) is 14.5 Å². The molecule has 0 amide bonds. The van der Waals surface area contributed by atoms with E-state index < -0.39 is 17.7 Å². The fraction of sp³-hybridized carbons (Fsp3) is 0.125. The predicted octanol–water partition coefficient (Wildman–Crippen LogP) is 1.29. The molecule has 2 N–H and O–H groups in total. The molecule has 0 fully saturated rings. The third-order valence-electron chi connectivity index (χ3n) is 1.62. The van der Waals surface area contributed by atoms with Crippen LogP contribution in [-0.2, 0) is 0 Å². The number of alkyl halides is 2. The Kier molecular flexibility index (Phi) is 2.72. The van der Waals surface area contributed by atoms with Crippen molar-refractivity contribution >= 4 is 12.0 Å². The lowest BCUT2D eigenvalue weighted by atomic mass is 10.1. The van der Waals surface area contributed by atoms with Crippen molar-refractivity contribution in [3.8, 4) is 6.07 Å². The average molecular weight is 197 g/mol. The van der Waals surface area contributed by atoms with Crippen molar-refractivity contribution in [1.29, 1.82) is 5.26 Å². The molecule has 0 spiro atoms. The Balaban J connectivity index is 3.50. The molecule has 0 bridgehead atoms. The van der Waals surface area contributed by atoms with Crippen LogP contribution in [0.2, 0.25) is 0 Å². The highest BCUT2D eigenvalue weighted by Gasteiger charge is 2.19. The van der Waals surface area contributed by atoms with Crippen molar-refractivity contribution in [2.45, 2.75) is 6.43 Å². The van der Waals surface area contributed by atoms with Crippen molar-refractivity contribution < 1.29 is 13.6 Å². The van der Waals surface area contributed by atoms with Crippen LogP contribution in [0.25, 0.3) is 0 Å². The summed E-state index contributed by atoms with van der Waals surface area (Å²) in [6, 6.07) is 1.48. The van der Waals surface area contributed by atoms with Crippen LogP contribution in [0.15, 0.2) is 6.20 Å². The molecule has 4 nitrogen and oxygen atoms in total. The maximum absolute atomic E-state index is 12.3. The molecule has 0 aliphatic rings. The molecular weight excluding hydrogens is 192 g/mol. The molecule has 0 aliphatic heterocycles. The third-order valence-corrected chi connectivity index (χ3v) is 1.62. The van der Waals surface area contributed by atoms with Gasteiger partial charge in [0.15, 0.2) is 6.29 Å². The van der Waals surface area contributed by atoms with Gasteiger partial charge in [-0.15, -0.1) is 0 Å². The van der Waals surface area contributed by atoms with Gasteiger partial charge in [0.05, 0.1) is 23.0 Å². The number of rotatable bonds is 2. The SMILES string of the molecule is N#Cc1c(C(F)F)ncc(N)c1C=O. The summed E-state index contributed by atoms with van der Waals surface area (Å²) in [4.78, 5) is 13.8. The van der Waals surface area contributed by atoms with Crippen LogP contribution >= 0.6 is 0 Å². The normalized spacial score (nSPS) is 9.86. The number of nitrogens with two attached hydrogens (primary N) is 1. The van der Waals surface area contributed by atoms with Gasteiger partial charge in [0.2, 0.25) is 0 Å². The van der Waals surface area contributed by atoms with E-state index in [2.05, 4.69) is 4.98 Å². The molecule has 1 aromatic heterocycles. The highest BCUT2D eigenvalue weighted by Crippen LogP contribution is 2.24. The quantitative estimate of drug-likeness (QED) is 0.724. The number of hydrogen-bond donors (Lipinski definition) is 1. The Hall–Kier alpha value is -2.03.